The van der Waals surface area contributed by atoms with E-state index in [1.54, 1.807) is 0 Å². The summed E-state index contributed by atoms with van der Waals surface area (Å²) in [4.78, 5) is 37.9. The summed E-state index contributed by atoms with van der Waals surface area (Å²) in [5, 5.41) is 0.950. The molecule has 0 bridgehead atoms. The van der Waals surface area contributed by atoms with E-state index in [4.69, 9.17) is 0 Å². The van der Waals surface area contributed by atoms with Crippen molar-refractivity contribution < 1.29 is 4.79 Å². The maximum absolute atomic E-state index is 13.1. The molecule has 1 amide bonds. The molecule has 3 aromatic rings. The Morgan fingerprint density at radius 3 is 2.83 bits per heavy atom. The first-order valence-electron chi connectivity index (χ1n) is 10.5. The number of likely N-dealkylation sites (tertiary alicyclic amines) is 1. The van der Waals surface area contributed by atoms with E-state index in [9.17, 15) is 9.59 Å². The Morgan fingerprint density at radius 2 is 2.00 bits per heavy atom. The van der Waals surface area contributed by atoms with Gasteiger partial charge in [0.2, 0.25) is 5.91 Å². The lowest BCUT2D eigenvalue weighted by atomic mass is 9.75. The van der Waals surface area contributed by atoms with Crippen LogP contribution in [-0.2, 0) is 11.3 Å². The molecule has 6 nitrogen and oxygen atoms in total. The Kier molecular flexibility index (Phi) is 4.65. The summed E-state index contributed by atoms with van der Waals surface area (Å²) >= 11 is 1.38. The zero-order valence-corrected chi connectivity index (χ0v) is 17.8. The van der Waals surface area contributed by atoms with Crippen molar-refractivity contribution in [2.45, 2.75) is 52.5 Å². The summed E-state index contributed by atoms with van der Waals surface area (Å²) in [6.45, 7) is 5.71. The summed E-state index contributed by atoms with van der Waals surface area (Å²) in [5.74, 6) is 1.45. The van der Waals surface area contributed by atoms with Gasteiger partial charge >= 0.3 is 0 Å². The van der Waals surface area contributed by atoms with Gasteiger partial charge in [0.25, 0.3) is 5.56 Å². The van der Waals surface area contributed by atoms with E-state index >= 15 is 0 Å². The van der Waals surface area contributed by atoms with Crippen molar-refractivity contribution in [1.29, 1.82) is 0 Å². The maximum Gasteiger partial charge on any atom is 0.271 e. The van der Waals surface area contributed by atoms with E-state index in [2.05, 4.69) is 9.97 Å². The lowest BCUT2D eigenvalue weighted by molar-refractivity contribution is -0.135. The van der Waals surface area contributed by atoms with Crippen LogP contribution in [0.1, 0.15) is 43.4 Å². The van der Waals surface area contributed by atoms with Crippen LogP contribution in [0.25, 0.3) is 20.4 Å². The van der Waals surface area contributed by atoms with Gasteiger partial charge in [-0.3, -0.25) is 14.2 Å². The van der Waals surface area contributed by atoms with Crippen molar-refractivity contribution in [3.05, 3.63) is 34.0 Å². The van der Waals surface area contributed by atoms with E-state index in [-0.39, 0.29) is 18.0 Å². The highest BCUT2D eigenvalue weighted by Gasteiger charge is 2.33. The second-order valence-corrected chi connectivity index (χ2v) is 9.65. The molecule has 3 aromatic heterocycles. The first-order chi connectivity index (χ1) is 14.0. The number of pyridine rings is 1. The fourth-order valence-electron chi connectivity index (χ4n) is 5.19. The lowest BCUT2D eigenvalue weighted by Gasteiger charge is -2.41. The number of fused-ring (bicyclic) bond motifs is 4. The smallest absolute Gasteiger partial charge is 0.271 e. The molecule has 0 aromatic carbocycles. The van der Waals surface area contributed by atoms with Gasteiger partial charge in [0, 0.05) is 24.2 Å². The van der Waals surface area contributed by atoms with Crippen LogP contribution in [0.15, 0.2) is 17.2 Å². The third kappa shape index (κ3) is 3.25. The zero-order chi connectivity index (χ0) is 20.1. The number of hydrogen-bond donors (Lipinski definition) is 0. The number of amides is 1. The molecule has 0 N–H and O–H groups in total. The second-order valence-electron chi connectivity index (χ2n) is 8.65. The van der Waals surface area contributed by atoms with Crippen LogP contribution in [0, 0.1) is 25.7 Å². The van der Waals surface area contributed by atoms with Crippen LogP contribution in [0.5, 0.6) is 0 Å². The lowest BCUT2D eigenvalue weighted by Crippen LogP contribution is -2.46. The van der Waals surface area contributed by atoms with Gasteiger partial charge in [-0.15, -0.1) is 11.3 Å². The quantitative estimate of drug-likeness (QED) is 0.647. The van der Waals surface area contributed by atoms with E-state index in [1.807, 2.05) is 24.8 Å². The predicted octanol–water partition coefficient (Wildman–Crippen LogP) is 3.66. The molecular formula is C22H26N4O2S. The Morgan fingerprint density at radius 1 is 1.21 bits per heavy atom. The summed E-state index contributed by atoms with van der Waals surface area (Å²) in [6.07, 6.45) is 7.78. The van der Waals surface area contributed by atoms with Gasteiger partial charge in [0.15, 0.2) is 0 Å². The Balaban J connectivity index is 1.42. The van der Waals surface area contributed by atoms with Gasteiger partial charge in [-0.25, -0.2) is 9.97 Å². The summed E-state index contributed by atoms with van der Waals surface area (Å²) in [6, 6.07) is 2.01. The molecule has 1 saturated heterocycles. The van der Waals surface area contributed by atoms with Gasteiger partial charge < -0.3 is 4.90 Å². The first kappa shape index (κ1) is 18.7. The van der Waals surface area contributed by atoms with Gasteiger partial charge in [-0.1, -0.05) is 19.3 Å². The Bertz CT molecular complexity index is 1170. The standard InChI is InChI=1S/C22H26N4O2S/c1-13-9-14(2)24-21-18(13)19-20(29-21)22(28)26(12-23-19)11-17(27)25-8-7-15-5-3-4-6-16(15)10-25/h9,12,15-16H,3-8,10-11H2,1-2H3/t15-,16+/m1/s1. The molecule has 152 valence electrons. The summed E-state index contributed by atoms with van der Waals surface area (Å²) in [7, 11) is 0. The van der Waals surface area contributed by atoms with Gasteiger partial charge in [0.05, 0.1) is 11.8 Å². The molecule has 4 heterocycles. The third-order valence-corrected chi connectivity index (χ3v) is 7.75. The van der Waals surface area contributed by atoms with Crippen molar-refractivity contribution in [1.82, 2.24) is 19.4 Å². The van der Waals surface area contributed by atoms with Crippen molar-refractivity contribution in [2.75, 3.05) is 13.1 Å². The highest BCUT2D eigenvalue weighted by molar-refractivity contribution is 7.25. The number of hydrogen-bond acceptors (Lipinski definition) is 5. The van der Waals surface area contributed by atoms with E-state index in [0.29, 0.717) is 16.1 Å². The second kappa shape index (κ2) is 7.20. The number of thiophene rings is 1. The number of carbonyl (C=O) groups excluding carboxylic acids is 1. The highest BCUT2D eigenvalue weighted by Crippen LogP contribution is 2.36. The van der Waals surface area contributed by atoms with Crippen molar-refractivity contribution >= 4 is 37.7 Å². The van der Waals surface area contributed by atoms with E-state index in [0.717, 1.165) is 46.9 Å². The van der Waals surface area contributed by atoms with Crippen molar-refractivity contribution in [3.63, 3.8) is 0 Å². The van der Waals surface area contributed by atoms with Crippen LogP contribution in [0.3, 0.4) is 0 Å². The van der Waals surface area contributed by atoms with Crippen molar-refractivity contribution in [2.24, 2.45) is 11.8 Å². The zero-order valence-electron chi connectivity index (χ0n) is 17.0. The molecular weight excluding hydrogens is 384 g/mol. The van der Waals surface area contributed by atoms with E-state index in [1.165, 1.54) is 47.9 Å². The monoisotopic (exact) mass is 410 g/mol. The first-order valence-corrected chi connectivity index (χ1v) is 11.4. The fourth-order valence-corrected chi connectivity index (χ4v) is 6.39. The number of carbonyl (C=O) groups is 1. The van der Waals surface area contributed by atoms with Crippen LogP contribution < -0.4 is 5.56 Å². The topological polar surface area (TPSA) is 68.1 Å². The normalized spacial score (nSPS) is 22.2. The molecule has 2 aliphatic rings. The highest BCUT2D eigenvalue weighted by atomic mass is 32.1. The SMILES string of the molecule is Cc1cc(C)c2c(n1)sc1c(=O)n(CC(=O)N3CC[C@H]4CCCC[C@H]4C3)cnc12. The van der Waals surface area contributed by atoms with Gasteiger partial charge in [-0.2, -0.15) is 0 Å². The average molecular weight is 411 g/mol. The Labute approximate surface area is 173 Å². The molecule has 1 aliphatic carbocycles. The molecule has 5 rings (SSSR count). The van der Waals surface area contributed by atoms with Crippen LogP contribution in [-0.4, -0.2) is 38.4 Å². The predicted molar refractivity (Wildman–Crippen MR) is 115 cm³/mol. The third-order valence-electron chi connectivity index (χ3n) is 6.69. The minimum Gasteiger partial charge on any atom is -0.341 e. The van der Waals surface area contributed by atoms with E-state index < -0.39 is 0 Å². The average Bonchev–Trinajstić information content (AvgIpc) is 3.09. The summed E-state index contributed by atoms with van der Waals surface area (Å²) < 4.78 is 2.05. The molecule has 2 atom stereocenters. The molecule has 0 unspecified atom stereocenters. The molecule has 0 spiro atoms. The largest absolute Gasteiger partial charge is 0.341 e. The van der Waals surface area contributed by atoms with Crippen LogP contribution in [0.4, 0.5) is 0 Å². The van der Waals surface area contributed by atoms with Gasteiger partial charge in [0.1, 0.15) is 16.1 Å². The Hall–Kier alpha value is -2.28. The fraction of sp³-hybridized carbons (Fsp3) is 0.545. The number of aromatic nitrogens is 3. The number of nitrogens with zero attached hydrogens (tertiary/aromatic N) is 4. The van der Waals surface area contributed by atoms with Crippen LogP contribution >= 0.6 is 11.3 Å². The van der Waals surface area contributed by atoms with Crippen molar-refractivity contribution in [3.8, 4) is 0 Å². The number of piperidine rings is 1. The van der Waals surface area contributed by atoms with Gasteiger partial charge in [-0.05, 0) is 50.2 Å². The minimum absolute atomic E-state index is 0.0311. The molecule has 7 heteroatoms. The summed E-state index contributed by atoms with van der Waals surface area (Å²) in [5.41, 5.74) is 2.57. The molecule has 1 aliphatic heterocycles. The molecule has 2 fully saturated rings. The number of rotatable bonds is 2. The van der Waals surface area contributed by atoms with Crippen LogP contribution in [0.2, 0.25) is 0 Å². The molecule has 29 heavy (non-hydrogen) atoms. The molecule has 0 radical (unpaired) electrons. The molecule has 1 saturated carbocycles. The maximum atomic E-state index is 13.1. The number of aryl methyl sites for hydroxylation is 2. The minimum atomic E-state index is -0.143.